The number of hydrogen-bond acceptors (Lipinski definition) is 8. The average Bonchev–Trinajstić information content (AvgIpc) is 3.32. The Bertz CT molecular complexity index is 1150. The van der Waals surface area contributed by atoms with Gasteiger partial charge in [0.05, 0.1) is 11.1 Å². The first-order chi connectivity index (χ1) is 16.0. The quantitative estimate of drug-likeness (QED) is 0.556. The number of hydrogen-bond donors (Lipinski definition) is 0. The van der Waals surface area contributed by atoms with E-state index < -0.39 is 15.4 Å². The van der Waals surface area contributed by atoms with Gasteiger partial charge in [0.1, 0.15) is 22.9 Å². The molecule has 0 bridgehead atoms. The van der Waals surface area contributed by atoms with Gasteiger partial charge in [-0.15, -0.1) is 11.3 Å². The van der Waals surface area contributed by atoms with Crippen LogP contribution in [0.3, 0.4) is 0 Å². The van der Waals surface area contributed by atoms with Gasteiger partial charge in [0.25, 0.3) is 0 Å². The van der Waals surface area contributed by atoms with Gasteiger partial charge in [0.2, 0.25) is 5.88 Å². The first kappa shape index (κ1) is 25.2. The molecule has 0 aliphatic heterocycles. The third-order valence-electron chi connectivity index (χ3n) is 6.74. The van der Waals surface area contributed by atoms with Crippen LogP contribution in [-0.4, -0.2) is 65.7 Å². The summed E-state index contributed by atoms with van der Waals surface area (Å²) in [7, 11) is -1.29. The van der Waals surface area contributed by atoms with Crippen LogP contribution in [-0.2, 0) is 21.0 Å². The number of amides is 1. The van der Waals surface area contributed by atoms with Crippen molar-refractivity contribution in [2.45, 2.75) is 89.9 Å². The van der Waals surface area contributed by atoms with Crippen LogP contribution in [0.4, 0.5) is 4.79 Å². The van der Waals surface area contributed by atoms with Crippen molar-refractivity contribution in [3.05, 3.63) is 16.8 Å². The summed E-state index contributed by atoms with van der Waals surface area (Å²) >= 11 is 1.63. The molecule has 10 heteroatoms. The molecule has 0 aromatic carbocycles. The molecular formula is C24H35N3O5S2. The van der Waals surface area contributed by atoms with Crippen LogP contribution < -0.4 is 4.74 Å². The molecule has 0 N–H and O–H groups in total. The van der Waals surface area contributed by atoms with Crippen molar-refractivity contribution in [3.63, 3.8) is 0 Å². The second-order valence-electron chi connectivity index (χ2n) is 10.4. The van der Waals surface area contributed by atoms with E-state index in [1.54, 1.807) is 30.2 Å². The summed E-state index contributed by atoms with van der Waals surface area (Å²) in [5.41, 5.74) is 0.560. The van der Waals surface area contributed by atoms with Gasteiger partial charge in [-0.25, -0.2) is 23.2 Å². The first-order valence-electron chi connectivity index (χ1n) is 12.1. The van der Waals surface area contributed by atoms with Gasteiger partial charge in [-0.2, -0.15) is 0 Å². The maximum atomic E-state index is 12.4. The number of thiophene rings is 1. The van der Waals surface area contributed by atoms with Gasteiger partial charge in [-0.1, -0.05) is 6.92 Å². The van der Waals surface area contributed by atoms with Crippen LogP contribution in [0.1, 0.15) is 76.2 Å². The Kier molecular flexibility index (Phi) is 7.11. The summed E-state index contributed by atoms with van der Waals surface area (Å²) in [5, 5.41) is 0.893. The summed E-state index contributed by atoms with van der Waals surface area (Å²) in [6.45, 7) is 7.31. The number of carbonyl (C=O) groups is 1. The lowest BCUT2D eigenvalue weighted by molar-refractivity contribution is 0.0137. The van der Waals surface area contributed by atoms with Gasteiger partial charge in [-0.3, -0.25) is 0 Å². The normalized spacial score (nSPS) is 23.0. The number of nitrogens with zero attached hydrogens (tertiary/aromatic N) is 3. The van der Waals surface area contributed by atoms with E-state index in [-0.39, 0.29) is 35.7 Å². The molecule has 0 spiro atoms. The molecule has 2 aromatic heterocycles. The molecule has 2 heterocycles. The molecule has 4 rings (SSSR count). The van der Waals surface area contributed by atoms with Crippen molar-refractivity contribution in [3.8, 4) is 5.88 Å². The lowest BCUT2D eigenvalue weighted by Crippen LogP contribution is -2.43. The fourth-order valence-corrected chi connectivity index (χ4v) is 7.33. The number of carbonyl (C=O) groups excluding carboxylic acids is 1. The van der Waals surface area contributed by atoms with Crippen molar-refractivity contribution in [1.29, 1.82) is 0 Å². The minimum Gasteiger partial charge on any atom is -0.474 e. The Morgan fingerprint density at radius 1 is 1.18 bits per heavy atom. The Morgan fingerprint density at radius 3 is 2.53 bits per heavy atom. The lowest BCUT2D eigenvalue weighted by Gasteiger charge is -2.35. The summed E-state index contributed by atoms with van der Waals surface area (Å²) < 4.78 is 36.6. The largest absolute Gasteiger partial charge is 0.474 e. The predicted octanol–water partition coefficient (Wildman–Crippen LogP) is 4.71. The van der Waals surface area contributed by atoms with E-state index >= 15 is 0 Å². The van der Waals surface area contributed by atoms with Crippen LogP contribution in [0.25, 0.3) is 10.2 Å². The molecule has 1 fully saturated rings. The van der Waals surface area contributed by atoms with Crippen molar-refractivity contribution < 1.29 is 22.7 Å². The molecule has 34 heavy (non-hydrogen) atoms. The molecule has 2 aliphatic rings. The number of rotatable bonds is 6. The SMILES string of the molecule is CCS(=O)(=O)CC1CCc2sc3ncnc(O[C@H]4CC[C@H](N(C)C(=O)OC(C)(C)C)CC4)c3c21. The van der Waals surface area contributed by atoms with Gasteiger partial charge < -0.3 is 14.4 Å². The number of ether oxygens (including phenoxy) is 2. The number of aryl methyl sites for hydroxylation is 1. The van der Waals surface area contributed by atoms with Crippen molar-refractivity contribution in [1.82, 2.24) is 14.9 Å². The molecule has 1 saturated carbocycles. The van der Waals surface area contributed by atoms with Crippen LogP contribution in [0.15, 0.2) is 6.33 Å². The van der Waals surface area contributed by atoms with Crippen molar-refractivity contribution >= 4 is 37.5 Å². The van der Waals surface area contributed by atoms with Gasteiger partial charge in [0.15, 0.2) is 9.84 Å². The van der Waals surface area contributed by atoms with Crippen LogP contribution >= 0.6 is 11.3 Å². The van der Waals surface area contributed by atoms with Crippen LogP contribution in [0.2, 0.25) is 0 Å². The third-order valence-corrected chi connectivity index (χ3v) is 9.70. The van der Waals surface area contributed by atoms with E-state index in [1.165, 1.54) is 11.2 Å². The standard InChI is InChI=1S/C24H35N3O5S2/c1-6-34(29,30)13-15-7-12-18-19(15)20-21(25-14-26-22(20)33-18)31-17-10-8-16(9-11-17)27(5)23(28)32-24(2,3)4/h14-17H,6-13H2,1-5H3/t15?,16-,17-. The average molecular weight is 510 g/mol. The first-order valence-corrected chi connectivity index (χ1v) is 14.7. The number of fused-ring (bicyclic) bond motifs is 3. The molecule has 188 valence electrons. The minimum atomic E-state index is -3.08. The monoisotopic (exact) mass is 509 g/mol. The minimum absolute atomic E-state index is 0.00355. The Labute approximate surface area is 206 Å². The van der Waals surface area contributed by atoms with Crippen molar-refractivity contribution in [2.75, 3.05) is 18.6 Å². The fourth-order valence-electron chi connectivity index (χ4n) is 4.91. The zero-order chi connectivity index (χ0) is 24.7. The molecule has 1 unspecified atom stereocenters. The van der Waals surface area contributed by atoms with Gasteiger partial charge in [-0.05, 0) is 64.9 Å². The highest BCUT2D eigenvalue weighted by Gasteiger charge is 2.34. The summed E-state index contributed by atoms with van der Waals surface area (Å²) in [6.07, 6.45) is 6.22. The highest BCUT2D eigenvalue weighted by atomic mass is 32.2. The summed E-state index contributed by atoms with van der Waals surface area (Å²) in [4.78, 5) is 25.1. The fraction of sp³-hybridized carbons (Fsp3) is 0.708. The topological polar surface area (TPSA) is 98.7 Å². The zero-order valence-electron chi connectivity index (χ0n) is 20.7. The van der Waals surface area contributed by atoms with Crippen LogP contribution in [0, 0.1) is 0 Å². The lowest BCUT2D eigenvalue weighted by atomic mass is 9.92. The van der Waals surface area contributed by atoms with E-state index in [4.69, 9.17) is 9.47 Å². The molecular weight excluding hydrogens is 474 g/mol. The van der Waals surface area contributed by atoms with E-state index in [0.717, 1.165) is 54.3 Å². The molecule has 2 aromatic rings. The van der Waals surface area contributed by atoms with Crippen molar-refractivity contribution in [2.24, 2.45) is 0 Å². The Morgan fingerprint density at radius 2 is 1.88 bits per heavy atom. The summed E-state index contributed by atoms with van der Waals surface area (Å²) in [6, 6.07) is 0.120. The Hall–Kier alpha value is -1.94. The third kappa shape index (κ3) is 5.48. The highest BCUT2D eigenvalue weighted by Crippen LogP contribution is 2.46. The molecule has 1 atom stereocenters. The van der Waals surface area contributed by atoms with Gasteiger partial charge >= 0.3 is 6.09 Å². The number of aromatic nitrogens is 2. The van der Waals surface area contributed by atoms with Crippen LogP contribution in [0.5, 0.6) is 5.88 Å². The van der Waals surface area contributed by atoms with Gasteiger partial charge in [0, 0.05) is 29.6 Å². The smallest absolute Gasteiger partial charge is 0.410 e. The zero-order valence-corrected chi connectivity index (χ0v) is 22.3. The second-order valence-corrected chi connectivity index (χ2v) is 13.9. The van der Waals surface area contributed by atoms with E-state index in [2.05, 4.69) is 9.97 Å². The molecule has 0 saturated heterocycles. The number of sulfone groups is 1. The molecule has 2 aliphatic carbocycles. The molecule has 8 nitrogen and oxygen atoms in total. The second kappa shape index (κ2) is 9.60. The van der Waals surface area contributed by atoms with E-state index in [9.17, 15) is 13.2 Å². The van der Waals surface area contributed by atoms with E-state index in [1.807, 2.05) is 20.8 Å². The maximum absolute atomic E-state index is 12.4. The van der Waals surface area contributed by atoms with E-state index in [0.29, 0.717) is 5.88 Å². The maximum Gasteiger partial charge on any atom is 0.410 e. The predicted molar refractivity (Wildman–Crippen MR) is 133 cm³/mol. The highest BCUT2D eigenvalue weighted by molar-refractivity contribution is 7.91. The molecule has 1 amide bonds. The molecule has 0 radical (unpaired) electrons. The Balaban J connectivity index is 1.47. The summed E-state index contributed by atoms with van der Waals surface area (Å²) in [5.74, 6) is 0.855.